The topological polar surface area (TPSA) is 108 Å². The minimum Gasteiger partial charge on any atom is -0.384 e. The molecule has 0 saturated carbocycles. The zero-order chi connectivity index (χ0) is 19.6. The predicted molar refractivity (Wildman–Crippen MR) is 104 cm³/mol. The molecule has 1 fully saturated rings. The van der Waals surface area contributed by atoms with Crippen molar-refractivity contribution in [2.75, 3.05) is 26.2 Å². The van der Waals surface area contributed by atoms with Crippen molar-refractivity contribution in [3.63, 3.8) is 0 Å². The molecule has 27 heavy (non-hydrogen) atoms. The minimum atomic E-state index is -3.62. The van der Waals surface area contributed by atoms with E-state index in [4.69, 9.17) is 22.7 Å². The lowest BCUT2D eigenvalue weighted by Gasteiger charge is -2.34. The standard InChI is InChI=1S/C18H19ClN4O3S/c19-15-4-6-16(7-5-15)27(25,26)23-10-8-22(9-11-23)18(24)14-3-1-2-13(12-14)17(20)21/h1-7,12H,8-11H2,(H3,20,21). The number of amides is 1. The number of hydrogen-bond acceptors (Lipinski definition) is 4. The zero-order valence-corrected chi connectivity index (χ0v) is 16.0. The zero-order valence-electron chi connectivity index (χ0n) is 14.4. The highest BCUT2D eigenvalue weighted by Crippen LogP contribution is 2.20. The molecule has 0 aromatic heterocycles. The molecule has 1 amide bonds. The van der Waals surface area contributed by atoms with E-state index >= 15 is 0 Å². The molecule has 1 aliphatic heterocycles. The minimum absolute atomic E-state index is 0.108. The molecular weight excluding hydrogens is 388 g/mol. The molecule has 3 rings (SSSR count). The van der Waals surface area contributed by atoms with E-state index in [0.717, 1.165) is 0 Å². The van der Waals surface area contributed by atoms with Crippen LogP contribution in [0.25, 0.3) is 0 Å². The average molecular weight is 407 g/mol. The van der Waals surface area contributed by atoms with Gasteiger partial charge in [-0.05, 0) is 36.4 Å². The summed E-state index contributed by atoms with van der Waals surface area (Å²) in [7, 11) is -3.62. The molecule has 0 spiro atoms. The Hall–Kier alpha value is -2.42. The summed E-state index contributed by atoms with van der Waals surface area (Å²) in [5.41, 5.74) is 6.37. The fourth-order valence-corrected chi connectivity index (χ4v) is 4.44. The molecule has 2 aromatic rings. The van der Waals surface area contributed by atoms with E-state index in [1.165, 1.54) is 28.6 Å². The molecule has 0 radical (unpaired) electrons. The smallest absolute Gasteiger partial charge is 0.253 e. The van der Waals surface area contributed by atoms with Gasteiger partial charge in [0.25, 0.3) is 5.91 Å². The lowest BCUT2D eigenvalue weighted by Crippen LogP contribution is -2.50. The first kappa shape index (κ1) is 19.3. The first-order valence-corrected chi connectivity index (χ1v) is 10.1. The van der Waals surface area contributed by atoms with Crippen LogP contribution in [0.2, 0.25) is 5.02 Å². The summed E-state index contributed by atoms with van der Waals surface area (Å²) in [6.07, 6.45) is 0. The van der Waals surface area contributed by atoms with Crippen LogP contribution in [0, 0.1) is 5.41 Å². The molecule has 2 aromatic carbocycles. The highest BCUT2D eigenvalue weighted by atomic mass is 35.5. The monoisotopic (exact) mass is 406 g/mol. The van der Waals surface area contributed by atoms with E-state index in [0.29, 0.717) is 16.1 Å². The lowest BCUT2D eigenvalue weighted by molar-refractivity contribution is 0.0698. The summed E-state index contributed by atoms with van der Waals surface area (Å²) in [5, 5.41) is 7.95. The molecule has 1 saturated heterocycles. The fourth-order valence-electron chi connectivity index (χ4n) is 2.89. The van der Waals surface area contributed by atoms with Gasteiger partial charge in [0, 0.05) is 42.3 Å². The largest absolute Gasteiger partial charge is 0.384 e. The third-order valence-electron chi connectivity index (χ3n) is 4.40. The van der Waals surface area contributed by atoms with Crippen molar-refractivity contribution in [1.82, 2.24) is 9.21 Å². The van der Waals surface area contributed by atoms with Crippen LogP contribution in [0.3, 0.4) is 0 Å². The number of carbonyl (C=O) groups is 1. The number of benzene rings is 2. The number of sulfonamides is 1. The third-order valence-corrected chi connectivity index (χ3v) is 6.56. The number of piperazine rings is 1. The summed E-state index contributed by atoms with van der Waals surface area (Å²) in [6.45, 7) is 0.998. The second-order valence-corrected chi connectivity index (χ2v) is 8.52. The summed E-state index contributed by atoms with van der Waals surface area (Å²) in [6, 6.07) is 12.6. The van der Waals surface area contributed by atoms with Crippen LogP contribution in [0.1, 0.15) is 15.9 Å². The molecule has 1 heterocycles. The molecule has 3 N–H and O–H groups in total. The summed E-state index contributed by atoms with van der Waals surface area (Å²) in [5.74, 6) is -0.315. The Kier molecular flexibility index (Phi) is 5.50. The van der Waals surface area contributed by atoms with Gasteiger partial charge in [0.05, 0.1) is 4.90 Å². The van der Waals surface area contributed by atoms with E-state index in [2.05, 4.69) is 0 Å². The van der Waals surface area contributed by atoms with Crippen molar-refractivity contribution in [2.45, 2.75) is 4.90 Å². The second kappa shape index (κ2) is 7.67. The van der Waals surface area contributed by atoms with Crippen LogP contribution in [0.15, 0.2) is 53.4 Å². The summed E-state index contributed by atoms with van der Waals surface area (Å²) in [4.78, 5) is 14.5. The number of rotatable bonds is 4. The van der Waals surface area contributed by atoms with Crippen molar-refractivity contribution in [2.24, 2.45) is 5.73 Å². The predicted octanol–water partition coefficient (Wildman–Crippen LogP) is 1.77. The van der Waals surface area contributed by atoms with E-state index in [-0.39, 0.29) is 42.8 Å². The van der Waals surface area contributed by atoms with E-state index < -0.39 is 10.0 Å². The van der Waals surface area contributed by atoms with Gasteiger partial charge >= 0.3 is 0 Å². The van der Waals surface area contributed by atoms with Crippen molar-refractivity contribution < 1.29 is 13.2 Å². The third kappa shape index (κ3) is 4.13. The maximum absolute atomic E-state index is 12.7. The van der Waals surface area contributed by atoms with Crippen molar-refractivity contribution in [3.05, 3.63) is 64.7 Å². The lowest BCUT2D eigenvalue weighted by atomic mass is 10.1. The van der Waals surface area contributed by atoms with Crippen LogP contribution in [0.5, 0.6) is 0 Å². The number of carbonyl (C=O) groups excluding carboxylic acids is 1. The highest BCUT2D eigenvalue weighted by Gasteiger charge is 2.30. The van der Waals surface area contributed by atoms with Crippen LogP contribution >= 0.6 is 11.6 Å². The quantitative estimate of drug-likeness (QED) is 0.595. The van der Waals surface area contributed by atoms with Gasteiger partial charge in [-0.1, -0.05) is 23.7 Å². The maximum atomic E-state index is 12.7. The van der Waals surface area contributed by atoms with Gasteiger partial charge in [-0.25, -0.2) is 8.42 Å². The number of nitrogens with zero attached hydrogens (tertiary/aromatic N) is 2. The molecule has 1 aliphatic rings. The Morgan fingerprint density at radius 1 is 1.00 bits per heavy atom. The van der Waals surface area contributed by atoms with Gasteiger partial charge in [0.1, 0.15) is 5.84 Å². The fraction of sp³-hybridized carbons (Fsp3) is 0.222. The molecule has 0 bridgehead atoms. The molecule has 7 nitrogen and oxygen atoms in total. The normalized spacial score (nSPS) is 15.5. The van der Waals surface area contributed by atoms with Crippen LogP contribution in [-0.2, 0) is 10.0 Å². The van der Waals surface area contributed by atoms with Gasteiger partial charge in [-0.3, -0.25) is 10.2 Å². The van der Waals surface area contributed by atoms with Gasteiger partial charge in [-0.2, -0.15) is 4.31 Å². The number of nitrogens with one attached hydrogen (secondary N) is 1. The first-order valence-electron chi connectivity index (χ1n) is 8.28. The number of amidine groups is 1. The molecule has 142 valence electrons. The number of halogens is 1. The summed E-state index contributed by atoms with van der Waals surface area (Å²) >= 11 is 5.82. The Balaban J connectivity index is 1.69. The number of nitrogens with two attached hydrogens (primary N) is 1. The molecule has 0 unspecified atom stereocenters. The van der Waals surface area contributed by atoms with E-state index in [9.17, 15) is 13.2 Å². The van der Waals surface area contributed by atoms with Crippen molar-refractivity contribution in [1.29, 1.82) is 5.41 Å². The molecule has 0 aliphatic carbocycles. The van der Waals surface area contributed by atoms with Crippen LogP contribution in [0.4, 0.5) is 0 Å². The van der Waals surface area contributed by atoms with Gasteiger partial charge in [0.2, 0.25) is 10.0 Å². The number of hydrogen-bond donors (Lipinski definition) is 2. The second-order valence-electron chi connectivity index (χ2n) is 6.14. The first-order chi connectivity index (χ1) is 12.8. The Morgan fingerprint density at radius 2 is 1.59 bits per heavy atom. The van der Waals surface area contributed by atoms with Gasteiger partial charge in [0.15, 0.2) is 0 Å². The van der Waals surface area contributed by atoms with Crippen LogP contribution < -0.4 is 5.73 Å². The van der Waals surface area contributed by atoms with E-state index in [1.54, 1.807) is 29.2 Å². The average Bonchev–Trinajstić information content (AvgIpc) is 2.68. The van der Waals surface area contributed by atoms with Crippen molar-refractivity contribution in [3.8, 4) is 0 Å². The van der Waals surface area contributed by atoms with E-state index in [1.807, 2.05) is 0 Å². The molecule has 0 atom stereocenters. The van der Waals surface area contributed by atoms with Crippen molar-refractivity contribution >= 4 is 33.4 Å². The Bertz CT molecular complexity index is 968. The molecule has 9 heteroatoms. The maximum Gasteiger partial charge on any atom is 0.253 e. The number of nitrogen functional groups attached to an aromatic ring is 1. The summed E-state index contributed by atoms with van der Waals surface area (Å²) < 4.78 is 26.8. The SMILES string of the molecule is N=C(N)c1cccc(C(=O)N2CCN(S(=O)(=O)c3ccc(Cl)cc3)CC2)c1. The van der Waals surface area contributed by atoms with Gasteiger partial charge in [-0.15, -0.1) is 0 Å². The van der Waals surface area contributed by atoms with Gasteiger partial charge < -0.3 is 10.6 Å². The Morgan fingerprint density at radius 3 is 2.19 bits per heavy atom. The highest BCUT2D eigenvalue weighted by molar-refractivity contribution is 7.89. The van der Waals surface area contributed by atoms with Crippen LogP contribution in [-0.4, -0.2) is 55.5 Å². The molecular formula is C18H19ClN4O3S. The Labute approximate surface area is 162 Å².